The normalized spacial score (nSPS) is 10.5. The van der Waals surface area contributed by atoms with Crippen LogP contribution in [0.2, 0.25) is 0 Å². The van der Waals surface area contributed by atoms with Crippen molar-refractivity contribution in [2.75, 3.05) is 5.73 Å². The predicted octanol–water partition coefficient (Wildman–Crippen LogP) is -0.826. The van der Waals surface area contributed by atoms with Crippen molar-refractivity contribution in [1.29, 1.82) is 0 Å². The van der Waals surface area contributed by atoms with E-state index in [-0.39, 0.29) is 11.5 Å². The summed E-state index contributed by atoms with van der Waals surface area (Å²) in [6, 6.07) is 0. The maximum absolute atomic E-state index is 10.9. The first kappa shape index (κ1) is 5.90. The van der Waals surface area contributed by atoms with Gasteiger partial charge in [-0.25, -0.2) is 4.73 Å². The molecule has 0 amide bonds. The van der Waals surface area contributed by atoms with E-state index in [4.69, 9.17) is 5.73 Å². The van der Waals surface area contributed by atoms with Crippen LogP contribution in [-0.4, -0.2) is 15.0 Å². The summed E-state index contributed by atoms with van der Waals surface area (Å²) in [4.78, 5) is 10.1. The van der Waals surface area contributed by atoms with Crippen LogP contribution in [-0.2, 0) is 0 Å². The molecule has 0 atom stereocenters. The molecule has 0 saturated carbocycles. The Morgan fingerprint density at radius 3 is 3.09 bits per heavy atom. The Morgan fingerprint density at radius 2 is 2.36 bits per heavy atom. The lowest BCUT2D eigenvalue weighted by Crippen LogP contribution is -2.27. The third kappa shape index (κ3) is 0.689. The van der Waals surface area contributed by atoms with E-state index in [2.05, 4.69) is 15.0 Å². The molecule has 3 N–H and O–H groups in total. The van der Waals surface area contributed by atoms with Crippen molar-refractivity contribution in [2.24, 2.45) is 0 Å². The van der Waals surface area contributed by atoms with Crippen LogP contribution in [0.1, 0.15) is 0 Å². The second-order valence-corrected chi connectivity index (χ2v) is 2.06. The number of nitrogens with one attached hydrogen (secondary N) is 1. The highest BCUT2D eigenvalue weighted by Gasteiger charge is 2.08. The number of nitrogen functional groups attached to an aromatic ring is 1. The summed E-state index contributed by atoms with van der Waals surface area (Å²) < 4.78 is 0.558. The molecular weight excluding hydrogens is 146 g/mol. The molecule has 0 bridgehead atoms. The van der Waals surface area contributed by atoms with Gasteiger partial charge in [-0.2, -0.15) is 0 Å². The minimum atomic E-state index is 0.262. The van der Waals surface area contributed by atoms with Crippen molar-refractivity contribution in [1.82, 2.24) is 15.0 Å². The zero-order valence-corrected chi connectivity index (χ0v) is 5.48. The molecule has 0 fully saturated rings. The van der Waals surface area contributed by atoms with Crippen molar-refractivity contribution >= 4 is 17.0 Å². The molecular formula is C5H5N5O. The molecule has 2 aromatic heterocycles. The highest BCUT2D eigenvalue weighted by atomic mass is 16.5. The average molecular weight is 151 g/mol. The van der Waals surface area contributed by atoms with Crippen LogP contribution in [0.25, 0.3) is 11.2 Å². The Bertz CT molecular complexity index is 359. The molecule has 0 unspecified atom stereocenters. The highest BCUT2D eigenvalue weighted by molar-refractivity contribution is 5.78. The summed E-state index contributed by atoms with van der Waals surface area (Å²) in [5, 5.41) is 10.9. The minimum absolute atomic E-state index is 0.262. The fraction of sp³-hybridized carbons (Fsp3) is 0. The molecule has 6 heteroatoms. The molecule has 11 heavy (non-hydrogen) atoms. The van der Waals surface area contributed by atoms with Gasteiger partial charge in [0, 0.05) is 0 Å². The summed E-state index contributed by atoms with van der Waals surface area (Å²) in [5.41, 5.74) is 6.17. The Labute approximate surface area is 61.3 Å². The molecule has 0 aliphatic heterocycles. The smallest absolute Gasteiger partial charge is 0.293 e. The predicted molar refractivity (Wildman–Crippen MR) is 37.3 cm³/mol. The number of hydrogen-bond donors (Lipinski definition) is 2. The van der Waals surface area contributed by atoms with Crippen molar-refractivity contribution in [3.05, 3.63) is 17.9 Å². The molecule has 0 aliphatic rings. The summed E-state index contributed by atoms with van der Waals surface area (Å²) in [7, 11) is 0. The summed E-state index contributed by atoms with van der Waals surface area (Å²) in [6.45, 7) is 0. The number of H-pyrrole nitrogens is 1. The van der Waals surface area contributed by atoms with Crippen LogP contribution < -0.4 is 10.5 Å². The van der Waals surface area contributed by atoms with Crippen LogP contribution >= 0.6 is 0 Å². The van der Waals surface area contributed by atoms with Gasteiger partial charge in [-0.15, -0.1) is 0 Å². The first-order valence-electron chi connectivity index (χ1n) is 2.96. The van der Waals surface area contributed by atoms with Crippen molar-refractivity contribution in [3.8, 4) is 0 Å². The molecule has 0 aromatic carbocycles. The number of aromatic nitrogens is 4. The van der Waals surface area contributed by atoms with E-state index in [1.54, 1.807) is 0 Å². The van der Waals surface area contributed by atoms with Gasteiger partial charge >= 0.3 is 0 Å². The number of aromatic amines is 1. The van der Waals surface area contributed by atoms with Crippen molar-refractivity contribution in [2.45, 2.75) is 0 Å². The fourth-order valence-corrected chi connectivity index (χ4v) is 0.877. The second kappa shape index (κ2) is 1.82. The van der Waals surface area contributed by atoms with Gasteiger partial charge in [0.25, 0.3) is 5.65 Å². The van der Waals surface area contributed by atoms with E-state index < -0.39 is 0 Å². The second-order valence-electron chi connectivity index (χ2n) is 2.06. The molecule has 0 aliphatic carbocycles. The lowest BCUT2D eigenvalue weighted by molar-refractivity contribution is -0.582. The topological polar surface area (TPSA) is 94.5 Å². The average Bonchev–Trinajstić information content (AvgIpc) is 2.45. The number of nitrogens with two attached hydrogens (primary N) is 1. The lowest BCUT2D eigenvalue weighted by Gasteiger charge is -1.99. The molecule has 0 saturated heterocycles. The third-order valence-electron chi connectivity index (χ3n) is 1.39. The highest BCUT2D eigenvalue weighted by Crippen LogP contribution is 2.07. The minimum Gasteiger partial charge on any atom is -0.740 e. The van der Waals surface area contributed by atoms with E-state index in [1.807, 2.05) is 0 Å². The Kier molecular flexibility index (Phi) is 0.974. The molecule has 2 aromatic rings. The number of imidazole rings is 1. The number of hydrogen-bond acceptors (Lipinski definition) is 4. The maximum Gasteiger partial charge on any atom is 0.293 e. The van der Waals surface area contributed by atoms with Gasteiger partial charge in [0.05, 0.1) is 0 Å². The zero-order valence-electron chi connectivity index (χ0n) is 5.48. The van der Waals surface area contributed by atoms with E-state index in [1.165, 1.54) is 6.33 Å². The standard InChI is InChI=1S/C5H5N5O/c6-4-3-5(8-1-7-3)10(11)2-9-4/h1-2H,(H2,6,9)(H,7,8). The van der Waals surface area contributed by atoms with Gasteiger partial charge in [0.2, 0.25) is 12.1 Å². The van der Waals surface area contributed by atoms with Crippen molar-refractivity contribution < 1.29 is 4.73 Å². The van der Waals surface area contributed by atoms with E-state index in [0.29, 0.717) is 10.2 Å². The van der Waals surface area contributed by atoms with Gasteiger partial charge in [-0.05, 0) is 0 Å². The van der Waals surface area contributed by atoms with Crippen LogP contribution in [0.3, 0.4) is 0 Å². The van der Waals surface area contributed by atoms with Gasteiger partial charge < -0.3 is 15.9 Å². The summed E-state index contributed by atoms with van der Waals surface area (Å²) in [6.07, 6.45) is 2.48. The van der Waals surface area contributed by atoms with Crippen LogP contribution in [0.15, 0.2) is 12.7 Å². The third-order valence-corrected chi connectivity index (χ3v) is 1.39. The molecule has 2 heterocycles. The molecule has 6 nitrogen and oxygen atoms in total. The largest absolute Gasteiger partial charge is 0.740 e. The first-order valence-corrected chi connectivity index (χ1v) is 2.96. The van der Waals surface area contributed by atoms with E-state index in [9.17, 15) is 5.21 Å². The van der Waals surface area contributed by atoms with Gasteiger partial charge in [-0.3, -0.25) is 0 Å². The van der Waals surface area contributed by atoms with E-state index in [0.717, 1.165) is 6.33 Å². The zero-order chi connectivity index (χ0) is 7.84. The van der Waals surface area contributed by atoms with Gasteiger partial charge in [0.1, 0.15) is 0 Å². The van der Waals surface area contributed by atoms with Crippen LogP contribution in [0.5, 0.6) is 0 Å². The quantitative estimate of drug-likeness (QED) is 0.379. The Morgan fingerprint density at radius 1 is 1.55 bits per heavy atom. The maximum atomic E-state index is 10.9. The van der Waals surface area contributed by atoms with Crippen LogP contribution in [0.4, 0.5) is 5.82 Å². The van der Waals surface area contributed by atoms with Gasteiger partial charge in [0.15, 0.2) is 11.8 Å². The number of rotatable bonds is 0. The fourth-order valence-electron chi connectivity index (χ4n) is 0.877. The van der Waals surface area contributed by atoms with Crippen LogP contribution in [0, 0.1) is 5.21 Å². The lowest BCUT2D eigenvalue weighted by atomic mass is 10.5. The number of fused-ring (bicyclic) bond motifs is 1. The molecule has 2 rings (SSSR count). The SMILES string of the molecule is Nc1nc[n+]([O-])c2nc[nH]c12. The molecule has 0 radical (unpaired) electrons. The first-order chi connectivity index (χ1) is 5.29. The number of anilines is 1. The molecule has 0 spiro atoms. The summed E-state index contributed by atoms with van der Waals surface area (Å²) >= 11 is 0. The monoisotopic (exact) mass is 151 g/mol. The van der Waals surface area contributed by atoms with Crippen molar-refractivity contribution in [3.63, 3.8) is 0 Å². The molecule has 56 valence electrons. The van der Waals surface area contributed by atoms with Gasteiger partial charge in [-0.1, -0.05) is 9.97 Å². The number of nitrogens with zero attached hydrogens (tertiary/aromatic N) is 3. The Hall–Kier alpha value is -1.85. The summed E-state index contributed by atoms with van der Waals surface area (Å²) in [5.74, 6) is 0.282. The Balaban J connectivity index is 2.96. The van der Waals surface area contributed by atoms with E-state index >= 15 is 0 Å².